The maximum Gasteiger partial charge on any atom is 0.191 e. The Labute approximate surface area is 89.6 Å². The summed E-state index contributed by atoms with van der Waals surface area (Å²) in [7, 11) is 1.65. The van der Waals surface area contributed by atoms with E-state index < -0.39 is 0 Å². The van der Waals surface area contributed by atoms with E-state index in [0.717, 1.165) is 25.4 Å². The lowest BCUT2D eigenvalue weighted by molar-refractivity contribution is 0.305. The summed E-state index contributed by atoms with van der Waals surface area (Å²) in [5.74, 6) is 1.45. The van der Waals surface area contributed by atoms with Crippen LogP contribution in [-0.2, 0) is 4.74 Å². The van der Waals surface area contributed by atoms with Crippen molar-refractivity contribution in [2.75, 3.05) is 20.2 Å². The van der Waals surface area contributed by atoms with Gasteiger partial charge >= 0.3 is 0 Å². The molecular weight excluding hydrogens is 190 g/mol. The molecule has 4 nitrogen and oxygen atoms in total. The number of allylic oxidation sites excluding steroid dienone is 1. The first kappa shape index (κ1) is 10.2. The summed E-state index contributed by atoms with van der Waals surface area (Å²) in [5.41, 5.74) is 0. The van der Waals surface area contributed by atoms with E-state index in [0.29, 0.717) is 5.92 Å². The monoisotopic (exact) mass is 205 g/mol. The summed E-state index contributed by atoms with van der Waals surface area (Å²) in [6.45, 7) is 1.68. The number of hydrogen-bond acceptors (Lipinski definition) is 4. The molecule has 0 amide bonds. The predicted molar refractivity (Wildman–Crippen MR) is 57.2 cm³/mol. The minimum Gasteiger partial charge on any atom is -0.484 e. The molecule has 1 saturated heterocycles. The Balaban J connectivity index is 2.13. The normalized spacial score (nSPS) is 34.7. The molecule has 1 fully saturated rings. The number of rotatable bonds is 1. The van der Waals surface area contributed by atoms with Crippen LogP contribution in [0.3, 0.4) is 0 Å². The van der Waals surface area contributed by atoms with Crippen molar-refractivity contribution in [2.45, 2.75) is 6.42 Å². The molecule has 0 bridgehead atoms. The zero-order valence-electron chi connectivity index (χ0n) is 8.81. The first-order chi connectivity index (χ1) is 7.36. The van der Waals surface area contributed by atoms with Crippen molar-refractivity contribution in [3.63, 3.8) is 0 Å². The maximum absolute atomic E-state index is 9.04. The van der Waals surface area contributed by atoms with Gasteiger partial charge in [0, 0.05) is 31.1 Å². The average molecular weight is 205 g/mol. The molecule has 0 aromatic carbocycles. The van der Waals surface area contributed by atoms with Gasteiger partial charge in [-0.15, -0.1) is 0 Å². The van der Waals surface area contributed by atoms with Gasteiger partial charge in [-0.2, -0.15) is 5.26 Å². The fourth-order valence-electron chi connectivity index (χ4n) is 2.36. The van der Waals surface area contributed by atoms with E-state index in [2.05, 4.69) is 16.4 Å². The summed E-state index contributed by atoms with van der Waals surface area (Å²) in [6.07, 6.45) is 4.75. The van der Waals surface area contributed by atoms with Gasteiger partial charge in [0.15, 0.2) is 5.90 Å². The Kier molecular flexibility index (Phi) is 3.02. The Bertz CT molecular complexity index is 329. The third-order valence-electron chi connectivity index (χ3n) is 3.17. The third-order valence-corrected chi connectivity index (χ3v) is 3.17. The number of nitriles is 1. The van der Waals surface area contributed by atoms with E-state index >= 15 is 0 Å². The Morgan fingerprint density at radius 2 is 2.47 bits per heavy atom. The van der Waals surface area contributed by atoms with Crippen molar-refractivity contribution in [1.82, 2.24) is 5.32 Å². The molecule has 15 heavy (non-hydrogen) atoms. The van der Waals surface area contributed by atoms with Crippen LogP contribution in [0.5, 0.6) is 0 Å². The molecule has 4 heteroatoms. The largest absolute Gasteiger partial charge is 0.484 e. The van der Waals surface area contributed by atoms with Crippen molar-refractivity contribution in [1.29, 1.82) is 5.26 Å². The number of hydrogen-bond donors (Lipinski definition) is 1. The lowest BCUT2D eigenvalue weighted by Crippen LogP contribution is -2.30. The van der Waals surface area contributed by atoms with Crippen molar-refractivity contribution in [2.24, 2.45) is 22.7 Å². The number of methoxy groups -OCH3 is 1. The molecule has 1 unspecified atom stereocenters. The van der Waals surface area contributed by atoms with Gasteiger partial charge in [-0.05, 0) is 6.42 Å². The smallest absolute Gasteiger partial charge is 0.191 e. The summed E-state index contributed by atoms with van der Waals surface area (Å²) in [6, 6.07) is 2.36. The first-order valence-electron chi connectivity index (χ1n) is 5.24. The standard InChI is InChI=1S/C11H15N3O/c1-15-11-9(3-2-4-14-11)10-7-13-6-8(10)5-12/h2,4,8-10,13H,3,6-7H2,1H3/t8-,9-,10?/m1/s1. The van der Waals surface area contributed by atoms with Gasteiger partial charge in [0.25, 0.3) is 0 Å². The minimum atomic E-state index is 0.0850. The second-order valence-corrected chi connectivity index (χ2v) is 3.96. The van der Waals surface area contributed by atoms with Crippen LogP contribution >= 0.6 is 0 Å². The molecule has 0 aromatic heterocycles. The molecule has 2 heterocycles. The maximum atomic E-state index is 9.04. The van der Waals surface area contributed by atoms with E-state index in [1.165, 1.54) is 0 Å². The Morgan fingerprint density at radius 3 is 3.20 bits per heavy atom. The van der Waals surface area contributed by atoms with Crippen LogP contribution in [0.4, 0.5) is 0 Å². The molecule has 2 aliphatic rings. The van der Waals surface area contributed by atoms with E-state index in [-0.39, 0.29) is 11.8 Å². The van der Waals surface area contributed by atoms with Crippen LogP contribution < -0.4 is 5.32 Å². The number of nitrogens with zero attached hydrogens (tertiary/aromatic N) is 2. The quantitative estimate of drug-likeness (QED) is 0.692. The van der Waals surface area contributed by atoms with Gasteiger partial charge in [0.05, 0.1) is 19.1 Å². The first-order valence-corrected chi connectivity index (χ1v) is 5.24. The average Bonchev–Trinajstić information content (AvgIpc) is 2.76. The highest BCUT2D eigenvalue weighted by Gasteiger charge is 2.37. The highest BCUT2D eigenvalue weighted by molar-refractivity contribution is 5.80. The summed E-state index contributed by atoms with van der Waals surface area (Å²) in [5, 5.41) is 12.3. The van der Waals surface area contributed by atoms with Crippen molar-refractivity contribution < 1.29 is 4.74 Å². The fraction of sp³-hybridized carbons (Fsp3) is 0.636. The van der Waals surface area contributed by atoms with Gasteiger partial charge in [-0.1, -0.05) is 6.08 Å². The molecule has 0 aliphatic carbocycles. The topological polar surface area (TPSA) is 57.4 Å². The summed E-state index contributed by atoms with van der Waals surface area (Å²) in [4.78, 5) is 4.22. The van der Waals surface area contributed by atoms with Gasteiger partial charge in [-0.3, -0.25) is 0 Å². The highest BCUT2D eigenvalue weighted by Crippen LogP contribution is 2.30. The number of aliphatic imine (C=N–C) groups is 1. The van der Waals surface area contributed by atoms with Crippen molar-refractivity contribution >= 4 is 5.90 Å². The van der Waals surface area contributed by atoms with Crippen LogP contribution in [0, 0.1) is 29.1 Å². The van der Waals surface area contributed by atoms with E-state index in [4.69, 9.17) is 10.00 Å². The molecule has 3 atom stereocenters. The van der Waals surface area contributed by atoms with Gasteiger partial charge in [0.2, 0.25) is 0 Å². The fourth-order valence-corrected chi connectivity index (χ4v) is 2.36. The lowest BCUT2D eigenvalue weighted by atomic mass is 9.82. The van der Waals surface area contributed by atoms with Crippen LogP contribution in [0.25, 0.3) is 0 Å². The van der Waals surface area contributed by atoms with E-state index in [1.54, 1.807) is 13.3 Å². The molecular formula is C11H15N3O. The van der Waals surface area contributed by atoms with Crippen molar-refractivity contribution in [3.05, 3.63) is 12.3 Å². The van der Waals surface area contributed by atoms with Gasteiger partial charge in [0.1, 0.15) is 0 Å². The molecule has 1 N–H and O–H groups in total. The Morgan fingerprint density at radius 1 is 1.60 bits per heavy atom. The van der Waals surface area contributed by atoms with Crippen LogP contribution in [0.2, 0.25) is 0 Å². The van der Waals surface area contributed by atoms with Crippen LogP contribution in [0.15, 0.2) is 17.3 Å². The molecule has 0 saturated carbocycles. The molecule has 2 aliphatic heterocycles. The lowest BCUT2D eigenvalue weighted by Gasteiger charge is -2.25. The van der Waals surface area contributed by atoms with E-state index in [9.17, 15) is 0 Å². The molecule has 0 aromatic rings. The number of nitrogens with one attached hydrogen (secondary N) is 1. The number of ether oxygens (including phenoxy) is 1. The third kappa shape index (κ3) is 1.88. The van der Waals surface area contributed by atoms with E-state index in [1.807, 2.05) is 6.08 Å². The zero-order chi connectivity index (χ0) is 10.7. The minimum absolute atomic E-state index is 0.0850. The van der Waals surface area contributed by atoms with Gasteiger partial charge < -0.3 is 10.1 Å². The predicted octanol–water partition coefficient (Wildman–Crippen LogP) is 0.924. The van der Waals surface area contributed by atoms with Gasteiger partial charge in [-0.25, -0.2) is 4.99 Å². The Hall–Kier alpha value is -1.34. The summed E-state index contributed by atoms with van der Waals surface area (Å²) >= 11 is 0. The summed E-state index contributed by atoms with van der Waals surface area (Å²) < 4.78 is 5.27. The van der Waals surface area contributed by atoms with Crippen molar-refractivity contribution in [3.8, 4) is 6.07 Å². The molecule has 80 valence electrons. The highest BCUT2D eigenvalue weighted by atomic mass is 16.5. The second kappa shape index (κ2) is 4.45. The molecule has 0 spiro atoms. The molecule has 2 rings (SSSR count). The zero-order valence-corrected chi connectivity index (χ0v) is 8.81. The van der Waals surface area contributed by atoms with Crippen LogP contribution in [0.1, 0.15) is 6.42 Å². The molecule has 0 radical (unpaired) electrons. The van der Waals surface area contributed by atoms with Crippen LogP contribution in [-0.4, -0.2) is 26.1 Å². The second-order valence-electron chi connectivity index (χ2n) is 3.96. The SMILES string of the molecule is COC1=NC=CC[C@@H]1C1CNC[C@H]1C#N.